The molecule has 158 valence electrons. The van der Waals surface area contributed by atoms with Crippen LogP contribution in [0.1, 0.15) is 59.6 Å². The summed E-state index contributed by atoms with van der Waals surface area (Å²) < 4.78 is 13.4. The zero-order valence-electron chi connectivity index (χ0n) is 19.7. The number of rotatable bonds is 5. The first-order chi connectivity index (χ1) is 12.6. The van der Waals surface area contributed by atoms with Crippen molar-refractivity contribution in [1.82, 2.24) is 0 Å². The second-order valence-corrected chi connectivity index (χ2v) is 20.7. The van der Waals surface area contributed by atoms with Crippen LogP contribution in [-0.2, 0) is 4.43 Å². The zero-order valence-corrected chi connectivity index (χ0v) is 21.7. The van der Waals surface area contributed by atoms with Crippen LogP contribution in [0.2, 0.25) is 36.3 Å². The predicted molar refractivity (Wildman–Crippen MR) is 128 cm³/mol. The third-order valence-corrected chi connectivity index (χ3v) is 15.7. The summed E-state index contributed by atoms with van der Waals surface area (Å²) in [7, 11) is -3.77. The van der Waals surface area contributed by atoms with Crippen molar-refractivity contribution in [2.75, 3.05) is 5.32 Å². The molecule has 0 radical (unpaired) electrons. The van der Waals surface area contributed by atoms with Crippen LogP contribution in [0.4, 0.5) is 5.69 Å². The Bertz CT molecular complexity index is 714. The smallest absolute Gasteiger partial charge is 0.250 e. The van der Waals surface area contributed by atoms with Crippen LogP contribution in [-0.4, -0.2) is 22.7 Å². The largest absolute Gasteiger partial charge is 0.543 e. The quantitative estimate of drug-likeness (QED) is 0.396. The molecule has 1 aromatic rings. The van der Waals surface area contributed by atoms with E-state index in [2.05, 4.69) is 97.8 Å². The summed E-state index contributed by atoms with van der Waals surface area (Å²) in [6.07, 6.45) is 2.97. The maximum absolute atomic E-state index is 6.86. The van der Waals surface area contributed by atoms with E-state index in [1.54, 1.807) is 0 Å². The lowest BCUT2D eigenvalue weighted by atomic mass is 9.95. The van der Waals surface area contributed by atoms with E-state index < -0.39 is 16.6 Å². The molecule has 0 aliphatic carbocycles. The van der Waals surface area contributed by atoms with Crippen LogP contribution >= 0.6 is 0 Å². The van der Waals surface area contributed by atoms with Crippen molar-refractivity contribution in [2.45, 2.75) is 96.4 Å². The van der Waals surface area contributed by atoms with Gasteiger partial charge < -0.3 is 14.2 Å². The van der Waals surface area contributed by atoms with Crippen LogP contribution in [0, 0.1) is 0 Å². The van der Waals surface area contributed by atoms with E-state index in [1.165, 1.54) is 5.56 Å². The van der Waals surface area contributed by atoms with Gasteiger partial charge in [0.2, 0.25) is 8.32 Å². The SMILES string of the molecule is C=C[C@H]1C[C@@H](O[Si](C)(C)C(C)(C)C)c2cc(O[Si](C)(C)C(C)(C)C)ccc2N1. The van der Waals surface area contributed by atoms with Gasteiger partial charge in [-0.25, -0.2) is 0 Å². The molecule has 3 nitrogen and oxygen atoms in total. The highest BCUT2D eigenvalue weighted by Crippen LogP contribution is 2.45. The minimum atomic E-state index is -1.89. The molecular weight excluding hydrogens is 378 g/mol. The Balaban J connectivity index is 2.40. The Kier molecular flexibility index (Phi) is 6.35. The summed E-state index contributed by atoms with van der Waals surface area (Å²) in [6.45, 7) is 27.0. The van der Waals surface area contributed by atoms with Gasteiger partial charge in [-0.3, -0.25) is 0 Å². The first-order valence-electron chi connectivity index (χ1n) is 10.5. The number of nitrogens with one attached hydrogen (secondary N) is 1. The third kappa shape index (κ3) is 4.92. The van der Waals surface area contributed by atoms with Crippen molar-refractivity contribution >= 4 is 22.3 Å². The molecule has 5 heteroatoms. The molecule has 0 amide bonds. The Morgan fingerprint density at radius 2 is 1.57 bits per heavy atom. The van der Waals surface area contributed by atoms with Crippen LogP contribution in [0.3, 0.4) is 0 Å². The van der Waals surface area contributed by atoms with Crippen molar-refractivity contribution in [2.24, 2.45) is 0 Å². The zero-order chi connectivity index (χ0) is 21.5. The third-order valence-electron chi connectivity index (χ3n) is 6.89. The summed E-state index contributed by atoms with van der Waals surface area (Å²) in [5, 5.41) is 3.94. The Morgan fingerprint density at radius 1 is 1.00 bits per heavy atom. The summed E-state index contributed by atoms with van der Waals surface area (Å²) in [5.41, 5.74) is 2.36. The van der Waals surface area contributed by atoms with E-state index in [-0.39, 0.29) is 22.2 Å². The average Bonchev–Trinajstić information content (AvgIpc) is 2.52. The first-order valence-corrected chi connectivity index (χ1v) is 16.3. The molecule has 1 N–H and O–H groups in total. The van der Waals surface area contributed by atoms with Crippen molar-refractivity contribution in [1.29, 1.82) is 0 Å². The van der Waals surface area contributed by atoms with Gasteiger partial charge in [0.15, 0.2) is 8.32 Å². The fourth-order valence-corrected chi connectivity index (χ4v) is 5.18. The summed E-state index contributed by atoms with van der Waals surface area (Å²) in [5.74, 6) is 0.966. The van der Waals surface area contributed by atoms with Crippen LogP contribution in [0.25, 0.3) is 0 Å². The fourth-order valence-electron chi connectivity index (χ4n) is 2.87. The standard InChI is InChI=1S/C23H41NO2Si2/c1-12-17-15-21(26-28(10,11)23(5,6)7)19-16-18(13-14-20(19)24-17)25-27(8,9)22(2,3)4/h12-14,16-17,21,24H,1,15H2,2-11H3/t17-,21+/m0/s1. The predicted octanol–water partition coefficient (Wildman–Crippen LogP) is 7.50. The van der Waals surface area contributed by atoms with Gasteiger partial charge in [-0.2, -0.15) is 0 Å². The highest BCUT2D eigenvalue weighted by atomic mass is 28.4. The van der Waals surface area contributed by atoms with Crippen molar-refractivity contribution in [3.8, 4) is 5.75 Å². The molecule has 0 bridgehead atoms. The molecule has 1 aliphatic rings. The molecule has 0 spiro atoms. The summed E-state index contributed by atoms with van der Waals surface area (Å²) in [4.78, 5) is 0. The molecule has 0 saturated heterocycles. The maximum Gasteiger partial charge on any atom is 0.250 e. The first kappa shape index (κ1) is 23.2. The molecule has 1 aromatic carbocycles. The lowest BCUT2D eigenvalue weighted by molar-refractivity contribution is 0.167. The van der Waals surface area contributed by atoms with Crippen LogP contribution in [0.5, 0.6) is 5.75 Å². The minimum Gasteiger partial charge on any atom is -0.543 e. The van der Waals surface area contributed by atoms with E-state index in [1.807, 2.05) is 6.08 Å². The number of anilines is 1. The second-order valence-electron chi connectivity index (χ2n) is 11.2. The van der Waals surface area contributed by atoms with Crippen molar-refractivity contribution < 1.29 is 8.85 Å². The second kappa shape index (κ2) is 7.65. The number of hydrogen-bond acceptors (Lipinski definition) is 3. The van der Waals surface area contributed by atoms with Gasteiger partial charge in [0, 0.05) is 23.7 Å². The summed E-state index contributed by atoms with van der Waals surface area (Å²) >= 11 is 0. The van der Waals surface area contributed by atoms with Crippen molar-refractivity contribution in [3.63, 3.8) is 0 Å². The molecule has 1 heterocycles. The average molecular weight is 420 g/mol. The molecule has 1 aliphatic heterocycles. The van der Waals surface area contributed by atoms with Crippen LogP contribution in [0.15, 0.2) is 30.9 Å². The maximum atomic E-state index is 6.86. The van der Waals surface area contributed by atoms with Gasteiger partial charge in [0.05, 0.1) is 6.10 Å². The fraction of sp³-hybridized carbons (Fsp3) is 0.652. The van der Waals surface area contributed by atoms with E-state index in [4.69, 9.17) is 8.85 Å². The van der Waals surface area contributed by atoms with E-state index in [0.29, 0.717) is 0 Å². The number of fused-ring (bicyclic) bond motifs is 1. The highest BCUT2D eigenvalue weighted by Gasteiger charge is 2.42. The number of hydrogen-bond donors (Lipinski definition) is 1. The monoisotopic (exact) mass is 419 g/mol. The Labute approximate surface area is 175 Å². The Morgan fingerprint density at radius 3 is 2.07 bits per heavy atom. The molecule has 2 rings (SSSR count). The topological polar surface area (TPSA) is 30.5 Å². The molecule has 0 unspecified atom stereocenters. The van der Waals surface area contributed by atoms with Gasteiger partial charge in [-0.15, -0.1) is 6.58 Å². The van der Waals surface area contributed by atoms with E-state index >= 15 is 0 Å². The molecular formula is C23H41NO2Si2. The minimum absolute atomic E-state index is 0.0723. The highest BCUT2D eigenvalue weighted by molar-refractivity contribution is 6.75. The van der Waals surface area contributed by atoms with Crippen LogP contribution < -0.4 is 9.74 Å². The molecule has 0 fully saturated rings. The summed E-state index contributed by atoms with van der Waals surface area (Å²) in [6, 6.07) is 6.69. The molecule has 0 saturated carbocycles. The van der Waals surface area contributed by atoms with Crippen molar-refractivity contribution in [3.05, 3.63) is 36.4 Å². The molecule has 0 aromatic heterocycles. The Hall–Kier alpha value is -1.05. The molecule has 28 heavy (non-hydrogen) atoms. The lowest BCUT2D eigenvalue weighted by Crippen LogP contribution is -2.44. The lowest BCUT2D eigenvalue weighted by Gasteiger charge is -2.42. The van der Waals surface area contributed by atoms with Gasteiger partial charge in [-0.1, -0.05) is 47.6 Å². The number of benzene rings is 1. The van der Waals surface area contributed by atoms with Gasteiger partial charge >= 0.3 is 0 Å². The van der Waals surface area contributed by atoms with E-state index in [9.17, 15) is 0 Å². The molecule has 2 atom stereocenters. The van der Waals surface area contributed by atoms with E-state index in [0.717, 1.165) is 17.9 Å². The van der Waals surface area contributed by atoms with Gasteiger partial charge in [0.25, 0.3) is 0 Å². The normalized spacial score (nSPS) is 20.9. The van der Waals surface area contributed by atoms with Gasteiger partial charge in [-0.05, 0) is 54.5 Å². The van der Waals surface area contributed by atoms with Gasteiger partial charge in [0.1, 0.15) is 5.75 Å².